The fraction of sp³-hybridized carbons (Fsp3) is 0.133. The van der Waals surface area contributed by atoms with E-state index in [0.29, 0.717) is 0 Å². The van der Waals surface area contributed by atoms with Crippen LogP contribution in [-0.4, -0.2) is 12.5 Å². The normalized spacial score (nSPS) is 10.0. The lowest BCUT2D eigenvalue weighted by Crippen LogP contribution is -2.21. The first-order valence-electron chi connectivity index (χ1n) is 6.00. The lowest BCUT2D eigenvalue weighted by atomic mass is 10.2. The second-order valence-corrected chi connectivity index (χ2v) is 5.11. The number of halogens is 1. The van der Waals surface area contributed by atoms with E-state index in [1.54, 1.807) is 0 Å². The average molecular weight is 319 g/mol. The summed E-state index contributed by atoms with van der Waals surface area (Å²) in [6, 6.07) is 15.4. The molecule has 0 unspecified atom stereocenters. The molecule has 2 aromatic carbocycles. The summed E-state index contributed by atoms with van der Waals surface area (Å²) in [6.07, 6.45) is 0. The van der Waals surface area contributed by atoms with Gasteiger partial charge in [0.2, 0.25) is 5.91 Å². The minimum atomic E-state index is -0.0682. The van der Waals surface area contributed by atoms with Gasteiger partial charge in [-0.2, -0.15) is 0 Å². The van der Waals surface area contributed by atoms with Crippen molar-refractivity contribution >= 4 is 33.2 Å². The van der Waals surface area contributed by atoms with E-state index in [0.717, 1.165) is 21.4 Å². The molecule has 2 aromatic rings. The molecular weight excluding hydrogens is 304 g/mol. The lowest BCUT2D eigenvalue weighted by Gasteiger charge is -2.09. The summed E-state index contributed by atoms with van der Waals surface area (Å²) in [6.45, 7) is 2.23. The van der Waals surface area contributed by atoms with Crippen LogP contribution in [-0.2, 0) is 4.79 Å². The van der Waals surface area contributed by atoms with Crippen molar-refractivity contribution in [2.45, 2.75) is 6.92 Å². The molecule has 19 heavy (non-hydrogen) atoms. The summed E-state index contributed by atoms with van der Waals surface area (Å²) >= 11 is 3.43. The van der Waals surface area contributed by atoms with E-state index in [9.17, 15) is 4.79 Å². The summed E-state index contributed by atoms with van der Waals surface area (Å²) in [5.41, 5.74) is 2.84. The van der Waals surface area contributed by atoms with Crippen molar-refractivity contribution in [1.82, 2.24) is 0 Å². The largest absolute Gasteiger partial charge is 0.375 e. The van der Waals surface area contributed by atoms with Gasteiger partial charge < -0.3 is 10.6 Å². The fourth-order valence-electron chi connectivity index (χ4n) is 1.71. The number of anilines is 2. The number of amides is 1. The molecular formula is C15H15BrN2O. The van der Waals surface area contributed by atoms with E-state index in [2.05, 4.69) is 26.6 Å². The molecule has 0 bridgehead atoms. The number of hydrogen-bond donors (Lipinski definition) is 2. The number of para-hydroxylation sites is 1. The van der Waals surface area contributed by atoms with E-state index in [-0.39, 0.29) is 12.5 Å². The van der Waals surface area contributed by atoms with Crippen LogP contribution in [0.4, 0.5) is 11.4 Å². The van der Waals surface area contributed by atoms with Crippen LogP contribution in [0.1, 0.15) is 5.56 Å². The first-order chi connectivity index (χ1) is 9.15. The predicted octanol–water partition coefficient (Wildman–Crippen LogP) is 3.81. The highest BCUT2D eigenvalue weighted by molar-refractivity contribution is 9.10. The molecule has 0 aliphatic rings. The minimum Gasteiger partial charge on any atom is -0.375 e. The highest BCUT2D eigenvalue weighted by Gasteiger charge is 2.03. The van der Waals surface area contributed by atoms with Gasteiger partial charge in [-0.25, -0.2) is 0 Å². The highest BCUT2D eigenvalue weighted by atomic mass is 79.9. The summed E-state index contributed by atoms with van der Waals surface area (Å²) in [5.74, 6) is -0.0682. The molecule has 3 nitrogen and oxygen atoms in total. The number of carbonyl (C=O) groups is 1. The molecule has 0 spiro atoms. The number of carbonyl (C=O) groups excluding carboxylic acids is 1. The first-order valence-corrected chi connectivity index (χ1v) is 6.79. The number of rotatable bonds is 4. The topological polar surface area (TPSA) is 41.1 Å². The second kappa shape index (κ2) is 6.38. The Morgan fingerprint density at radius 3 is 2.68 bits per heavy atom. The van der Waals surface area contributed by atoms with Gasteiger partial charge in [0.1, 0.15) is 0 Å². The van der Waals surface area contributed by atoms with Crippen LogP contribution in [0.25, 0.3) is 0 Å². The van der Waals surface area contributed by atoms with Crippen LogP contribution in [0.5, 0.6) is 0 Å². The van der Waals surface area contributed by atoms with Crippen LogP contribution < -0.4 is 10.6 Å². The van der Waals surface area contributed by atoms with Crippen molar-refractivity contribution < 1.29 is 4.79 Å². The first kappa shape index (κ1) is 13.6. The summed E-state index contributed by atoms with van der Waals surface area (Å²) in [4.78, 5) is 11.8. The van der Waals surface area contributed by atoms with Gasteiger partial charge in [0, 0.05) is 15.8 Å². The van der Waals surface area contributed by atoms with Crippen molar-refractivity contribution in [3.63, 3.8) is 0 Å². The van der Waals surface area contributed by atoms with E-state index >= 15 is 0 Å². The van der Waals surface area contributed by atoms with E-state index in [1.165, 1.54) is 0 Å². The maximum atomic E-state index is 11.8. The molecule has 4 heteroatoms. The molecule has 0 saturated carbocycles. The fourth-order valence-corrected chi connectivity index (χ4v) is 2.13. The molecule has 1 amide bonds. The van der Waals surface area contributed by atoms with Crippen molar-refractivity contribution in [1.29, 1.82) is 0 Å². The monoisotopic (exact) mass is 318 g/mol. The second-order valence-electron chi connectivity index (χ2n) is 4.25. The molecule has 0 saturated heterocycles. The van der Waals surface area contributed by atoms with E-state index in [1.807, 2.05) is 55.5 Å². The Kier molecular flexibility index (Phi) is 4.58. The zero-order valence-electron chi connectivity index (χ0n) is 10.6. The Bertz CT molecular complexity index is 584. The predicted molar refractivity (Wildman–Crippen MR) is 82.4 cm³/mol. The Morgan fingerprint density at radius 1 is 1.16 bits per heavy atom. The molecule has 0 fully saturated rings. The third-order valence-corrected chi connectivity index (χ3v) is 3.31. The molecule has 2 N–H and O–H groups in total. The smallest absolute Gasteiger partial charge is 0.243 e. The average Bonchev–Trinajstić information content (AvgIpc) is 2.38. The third-order valence-electron chi connectivity index (χ3n) is 2.62. The van der Waals surface area contributed by atoms with Crippen molar-refractivity contribution in [3.8, 4) is 0 Å². The van der Waals surface area contributed by atoms with Gasteiger partial charge in [-0.1, -0.05) is 24.3 Å². The maximum Gasteiger partial charge on any atom is 0.243 e. The van der Waals surface area contributed by atoms with Crippen LogP contribution in [0.3, 0.4) is 0 Å². The Morgan fingerprint density at radius 2 is 1.95 bits per heavy atom. The van der Waals surface area contributed by atoms with Gasteiger partial charge >= 0.3 is 0 Å². The third kappa shape index (κ3) is 4.10. The molecule has 0 radical (unpaired) electrons. The molecule has 0 aromatic heterocycles. The summed E-state index contributed by atoms with van der Waals surface area (Å²) in [7, 11) is 0. The van der Waals surface area contributed by atoms with Crippen molar-refractivity contribution in [2.24, 2.45) is 0 Å². The van der Waals surface area contributed by atoms with Gasteiger partial charge in [-0.3, -0.25) is 4.79 Å². The highest BCUT2D eigenvalue weighted by Crippen LogP contribution is 2.20. The molecule has 2 rings (SSSR count). The van der Waals surface area contributed by atoms with Gasteiger partial charge in [0.25, 0.3) is 0 Å². The lowest BCUT2D eigenvalue weighted by molar-refractivity contribution is -0.114. The molecule has 0 heterocycles. The van der Waals surface area contributed by atoms with E-state index in [4.69, 9.17) is 0 Å². The van der Waals surface area contributed by atoms with Crippen LogP contribution in [0.2, 0.25) is 0 Å². The quantitative estimate of drug-likeness (QED) is 0.900. The zero-order chi connectivity index (χ0) is 13.7. The molecule has 0 aliphatic carbocycles. The summed E-state index contributed by atoms with van der Waals surface area (Å²) < 4.78 is 0.943. The van der Waals surface area contributed by atoms with Crippen LogP contribution >= 0.6 is 15.9 Å². The minimum absolute atomic E-state index is 0.0682. The van der Waals surface area contributed by atoms with E-state index < -0.39 is 0 Å². The Labute approximate surface area is 121 Å². The van der Waals surface area contributed by atoms with Crippen LogP contribution in [0.15, 0.2) is 53.0 Å². The van der Waals surface area contributed by atoms with Gasteiger partial charge in [-0.05, 0) is 52.7 Å². The number of benzene rings is 2. The Balaban J connectivity index is 1.90. The SMILES string of the molecule is Cc1cccc(NC(=O)CNc2ccccc2Br)c1. The maximum absolute atomic E-state index is 11.8. The number of aryl methyl sites for hydroxylation is 1. The van der Waals surface area contributed by atoms with Crippen molar-refractivity contribution in [2.75, 3.05) is 17.2 Å². The number of nitrogens with one attached hydrogen (secondary N) is 2. The van der Waals surface area contributed by atoms with Gasteiger partial charge in [-0.15, -0.1) is 0 Å². The summed E-state index contributed by atoms with van der Waals surface area (Å²) in [5, 5.41) is 5.94. The van der Waals surface area contributed by atoms with Crippen molar-refractivity contribution in [3.05, 3.63) is 58.6 Å². The van der Waals surface area contributed by atoms with Crippen LogP contribution in [0, 0.1) is 6.92 Å². The van der Waals surface area contributed by atoms with Gasteiger partial charge in [0.05, 0.1) is 6.54 Å². The molecule has 98 valence electrons. The standard InChI is InChI=1S/C15H15BrN2O/c1-11-5-4-6-12(9-11)18-15(19)10-17-14-8-3-2-7-13(14)16/h2-9,17H,10H2,1H3,(H,18,19). The van der Waals surface area contributed by atoms with Gasteiger partial charge in [0.15, 0.2) is 0 Å². The molecule has 0 aliphatic heterocycles. The Hall–Kier alpha value is -1.81. The molecule has 0 atom stereocenters. The number of hydrogen-bond acceptors (Lipinski definition) is 2. The zero-order valence-corrected chi connectivity index (χ0v) is 12.2.